The summed E-state index contributed by atoms with van der Waals surface area (Å²) in [5, 5.41) is 30.0. The molecule has 0 bridgehead atoms. The first kappa shape index (κ1) is 25.7. The number of rotatable bonds is 12. The molecule has 0 aliphatic carbocycles. The van der Waals surface area contributed by atoms with Gasteiger partial charge >= 0.3 is 5.97 Å². The Balaban J connectivity index is 2.03. The molecule has 0 spiro atoms. The van der Waals surface area contributed by atoms with Crippen molar-refractivity contribution in [3.8, 4) is 11.4 Å². The monoisotopic (exact) mass is 465 g/mol. The molecule has 0 unspecified atom stereocenters. The van der Waals surface area contributed by atoms with Crippen molar-refractivity contribution in [2.75, 3.05) is 0 Å². The van der Waals surface area contributed by atoms with Crippen LogP contribution >= 0.6 is 0 Å². The van der Waals surface area contributed by atoms with Gasteiger partial charge in [-0.2, -0.15) is 4.80 Å². The maximum absolute atomic E-state index is 11.3. The second kappa shape index (κ2) is 11.5. The van der Waals surface area contributed by atoms with Crippen LogP contribution < -0.4 is 0 Å². The van der Waals surface area contributed by atoms with E-state index in [9.17, 15) is 15.0 Å². The molecule has 0 atom stereocenters. The van der Waals surface area contributed by atoms with Gasteiger partial charge in [-0.3, -0.25) is 4.79 Å². The zero-order chi connectivity index (χ0) is 24.7. The Labute approximate surface area is 203 Å². The molecular weight excluding hydrogens is 426 g/mol. The number of carboxylic acid groups (broad SMARTS) is 1. The van der Waals surface area contributed by atoms with Gasteiger partial charge in [-0.1, -0.05) is 78.4 Å². The van der Waals surface area contributed by atoms with E-state index < -0.39 is 5.97 Å². The molecule has 0 saturated heterocycles. The normalized spacial score (nSPS) is 11.9. The van der Waals surface area contributed by atoms with Crippen LogP contribution in [0.5, 0.6) is 5.75 Å². The van der Waals surface area contributed by atoms with Crippen LogP contribution in [-0.2, 0) is 23.1 Å². The van der Waals surface area contributed by atoms with E-state index in [1.807, 2.05) is 30.3 Å². The first-order valence-electron chi connectivity index (χ1n) is 12.6. The number of aromatic nitrogens is 3. The Morgan fingerprint density at radius 3 is 2.09 bits per heavy atom. The number of phenols is 1. The van der Waals surface area contributed by atoms with Crippen molar-refractivity contribution in [2.45, 2.75) is 97.3 Å². The first-order chi connectivity index (χ1) is 16.2. The van der Waals surface area contributed by atoms with Gasteiger partial charge < -0.3 is 10.2 Å². The molecule has 6 heteroatoms. The van der Waals surface area contributed by atoms with Gasteiger partial charge in [0.2, 0.25) is 0 Å². The molecule has 0 aliphatic rings. The molecule has 0 radical (unpaired) electrons. The van der Waals surface area contributed by atoms with E-state index in [0.29, 0.717) is 5.56 Å². The minimum absolute atomic E-state index is 0.0395. The van der Waals surface area contributed by atoms with Crippen LogP contribution in [0.3, 0.4) is 0 Å². The molecule has 3 rings (SSSR count). The Morgan fingerprint density at radius 2 is 1.53 bits per heavy atom. The van der Waals surface area contributed by atoms with E-state index in [2.05, 4.69) is 27.7 Å². The average Bonchev–Trinajstić information content (AvgIpc) is 3.20. The summed E-state index contributed by atoms with van der Waals surface area (Å²) in [6.45, 7) is 8.51. The third kappa shape index (κ3) is 6.37. The zero-order valence-corrected chi connectivity index (χ0v) is 21.1. The highest BCUT2D eigenvalue weighted by atomic mass is 16.4. The van der Waals surface area contributed by atoms with Crippen molar-refractivity contribution >= 4 is 17.0 Å². The van der Waals surface area contributed by atoms with Gasteiger partial charge in [-0.15, -0.1) is 10.2 Å². The summed E-state index contributed by atoms with van der Waals surface area (Å²) in [4.78, 5) is 12.9. The fourth-order valence-corrected chi connectivity index (χ4v) is 4.65. The highest BCUT2D eigenvalue weighted by molar-refractivity contribution is 5.74. The van der Waals surface area contributed by atoms with E-state index >= 15 is 0 Å². The maximum atomic E-state index is 11.3. The van der Waals surface area contributed by atoms with E-state index in [1.54, 1.807) is 4.80 Å². The SMILES string of the molecule is CCCCCCCCCc1c(-n2nc3ccccc3n2)cc(CCC(=O)O)c(O)c1C(C)(C)C. The van der Waals surface area contributed by atoms with Crippen LogP contribution in [0.25, 0.3) is 16.7 Å². The van der Waals surface area contributed by atoms with Crippen molar-refractivity contribution in [3.63, 3.8) is 0 Å². The average molecular weight is 466 g/mol. The molecule has 0 saturated carbocycles. The molecule has 1 aromatic heterocycles. The highest BCUT2D eigenvalue weighted by Gasteiger charge is 2.28. The summed E-state index contributed by atoms with van der Waals surface area (Å²) < 4.78 is 0. The van der Waals surface area contributed by atoms with E-state index in [1.165, 1.54) is 32.1 Å². The summed E-state index contributed by atoms with van der Waals surface area (Å²) in [5.74, 6) is -0.666. The molecule has 3 aromatic rings. The maximum Gasteiger partial charge on any atom is 0.303 e. The molecule has 6 nitrogen and oxygen atoms in total. The number of benzene rings is 2. The van der Waals surface area contributed by atoms with Gasteiger partial charge in [-0.25, -0.2) is 0 Å². The lowest BCUT2D eigenvalue weighted by Crippen LogP contribution is -2.19. The van der Waals surface area contributed by atoms with E-state index in [0.717, 1.165) is 47.1 Å². The predicted molar refractivity (Wildman–Crippen MR) is 137 cm³/mol. The molecular formula is C28H39N3O3. The number of aliphatic carboxylic acids is 1. The minimum atomic E-state index is -0.881. The fourth-order valence-electron chi connectivity index (χ4n) is 4.65. The number of unbranched alkanes of at least 4 members (excludes halogenated alkanes) is 6. The minimum Gasteiger partial charge on any atom is -0.507 e. The lowest BCUT2D eigenvalue weighted by molar-refractivity contribution is -0.136. The number of aromatic hydroxyl groups is 1. The third-order valence-corrected chi connectivity index (χ3v) is 6.35. The van der Waals surface area contributed by atoms with Crippen molar-refractivity contribution in [2.24, 2.45) is 0 Å². The van der Waals surface area contributed by atoms with E-state index in [-0.39, 0.29) is 24.0 Å². The second-order valence-electron chi connectivity index (χ2n) is 10.3. The Morgan fingerprint density at radius 1 is 0.941 bits per heavy atom. The topological polar surface area (TPSA) is 88.2 Å². The number of carbonyl (C=O) groups is 1. The lowest BCUT2D eigenvalue weighted by Gasteiger charge is -2.28. The zero-order valence-electron chi connectivity index (χ0n) is 21.1. The molecule has 184 valence electrons. The van der Waals surface area contributed by atoms with Crippen LogP contribution in [0, 0.1) is 0 Å². The lowest BCUT2D eigenvalue weighted by atomic mass is 9.79. The van der Waals surface area contributed by atoms with Gasteiger partial charge in [0.05, 0.1) is 5.69 Å². The van der Waals surface area contributed by atoms with Crippen molar-refractivity contribution in [1.82, 2.24) is 15.0 Å². The molecule has 2 aromatic carbocycles. The van der Waals surface area contributed by atoms with Crippen LogP contribution in [0.15, 0.2) is 30.3 Å². The summed E-state index contributed by atoms with van der Waals surface area (Å²) >= 11 is 0. The largest absolute Gasteiger partial charge is 0.507 e. The second-order valence-corrected chi connectivity index (χ2v) is 10.3. The molecule has 0 aliphatic heterocycles. The summed E-state index contributed by atoms with van der Waals surface area (Å²) in [5.41, 5.74) is 4.69. The standard InChI is InChI=1S/C28H39N3O3/c1-5-6-7-8-9-10-11-14-21-24(31-29-22-15-12-13-16-23(22)30-31)19-20(17-18-25(32)33)27(34)26(21)28(2,3)4/h12-13,15-16,19,34H,5-11,14,17-18H2,1-4H3,(H,32,33). The van der Waals surface area contributed by atoms with Crippen LogP contribution in [0.4, 0.5) is 0 Å². The number of hydrogen-bond donors (Lipinski definition) is 2. The Bertz CT molecular complexity index is 1080. The van der Waals surface area contributed by atoms with Crippen molar-refractivity contribution in [3.05, 3.63) is 47.0 Å². The number of hydrogen-bond acceptors (Lipinski definition) is 4. The van der Waals surface area contributed by atoms with Crippen molar-refractivity contribution in [1.29, 1.82) is 0 Å². The molecule has 0 fully saturated rings. The van der Waals surface area contributed by atoms with Crippen LogP contribution in [-0.4, -0.2) is 31.2 Å². The van der Waals surface area contributed by atoms with Gasteiger partial charge in [0.15, 0.2) is 0 Å². The number of nitrogens with zero attached hydrogens (tertiary/aromatic N) is 3. The molecule has 1 heterocycles. The van der Waals surface area contributed by atoms with Gasteiger partial charge in [0.1, 0.15) is 16.8 Å². The van der Waals surface area contributed by atoms with Crippen LogP contribution in [0.1, 0.15) is 95.8 Å². The highest BCUT2D eigenvalue weighted by Crippen LogP contribution is 2.40. The van der Waals surface area contributed by atoms with Crippen LogP contribution in [0.2, 0.25) is 0 Å². The van der Waals surface area contributed by atoms with E-state index in [4.69, 9.17) is 10.2 Å². The first-order valence-corrected chi connectivity index (χ1v) is 12.6. The number of carboxylic acids is 1. The fraction of sp³-hybridized carbons (Fsp3) is 0.536. The molecule has 2 N–H and O–H groups in total. The summed E-state index contributed by atoms with van der Waals surface area (Å²) in [7, 11) is 0. The Kier molecular flexibility index (Phi) is 8.70. The molecule has 0 amide bonds. The molecule has 34 heavy (non-hydrogen) atoms. The van der Waals surface area contributed by atoms with Crippen molar-refractivity contribution < 1.29 is 15.0 Å². The summed E-state index contributed by atoms with van der Waals surface area (Å²) in [6.07, 6.45) is 9.51. The smallest absolute Gasteiger partial charge is 0.303 e. The predicted octanol–water partition coefficient (Wildman–Crippen LogP) is 6.73. The summed E-state index contributed by atoms with van der Waals surface area (Å²) in [6, 6.07) is 9.65. The third-order valence-electron chi connectivity index (χ3n) is 6.35. The quantitative estimate of drug-likeness (QED) is 0.289. The number of aryl methyl sites for hydroxylation is 1. The van der Waals surface area contributed by atoms with Gasteiger partial charge in [0.25, 0.3) is 0 Å². The van der Waals surface area contributed by atoms with Gasteiger partial charge in [-0.05, 0) is 54.0 Å². The number of phenolic OH excluding ortho intramolecular Hbond substituents is 1. The van der Waals surface area contributed by atoms with Gasteiger partial charge in [0, 0.05) is 12.0 Å². The number of fused-ring (bicyclic) bond motifs is 1. The Hall–Kier alpha value is -2.89.